The molecule has 3 heterocycles. The summed E-state index contributed by atoms with van der Waals surface area (Å²) in [6.07, 6.45) is 11.8. The molecule has 0 spiro atoms. The zero-order valence-electron chi connectivity index (χ0n) is 14.4. The molecule has 0 bridgehead atoms. The Balaban J connectivity index is 1.36. The highest BCUT2D eigenvalue weighted by Crippen LogP contribution is 2.35. The number of hydrogen-bond acceptors (Lipinski definition) is 5. The Morgan fingerprint density at radius 2 is 2.12 bits per heavy atom. The van der Waals surface area contributed by atoms with Gasteiger partial charge in [0.2, 0.25) is 17.6 Å². The molecule has 6 heteroatoms. The minimum absolute atomic E-state index is 0.234. The van der Waals surface area contributed by atoms with Crippen LogP contribution >= 0.6 is 0 Å². The van der Waals surface area contributed by atoms with E-state index in [0.717, 1.165) is 18.5 Å². The van der Waals surface area contributed by atoms with Crippen molar-refractivity contribution in [3.8, 4) is 11.4 Å². The van der Waals surface area contributed by atoms with Crippen LogP contribution in [-0.4, -0.2) is 38.5 Å². The summed E-state index contributed by atoms with van der Waals surface area (Å²) < 4.78 is 5.30. The molecule has 2 aromatic rings. The van der Waals surface area contributed by atoms with Gasteiger partial charge in [0.05, 0.1) is 0 Å². The molecule has 2 fully saturated rings. The van der Waals surface area contributed by atoms with Crippen molar-refractivity contribution in [2.45, 2.75) is 57.4 Å². The van der Waals surface area contributed by atoms with Crippen molar-refractivity contribution in [3.63, 3.8) is 0 Å². The standard InChI is InChI=1S/C19H24N4O2/c24-18(23-12-4-7-14-5-1-2-8-16(14)23)10-9-17-21-19(22-25-17)15-6-3-11-20-13-15/h3,6,11,13-14,16H,1-2,4-5,7-10,12H2/t14-,16-/m1/s1. The molecule has 6 nitrogen and oxygen atoms in total. The van der Waals surface area contributed by atoms with E-state index in [1.165, 1.54) is 32.1 Å². The average molecular weight is 340 g/mol. The summed E-state index contributed by atoms with van der Waals surface area (Å²) in [7, 11) is 0. The minimum atomic E-state index is 0.234. The molecule has 1 amide bonds. The Bertz CT molecular complexity index is 713. The van der Waals surface area contributed by atoms with E-state index in [2.05, 4.69) is 20.0 Å². The van der Waals surface area contributed by atoms with Gasteiger partial charge in [0, 0.05) is 43.4 Å². The molecule has 0 N–H and O–H groups in total. The largest absolute Gasteiger partial charge is 0.339 e. The third-order valence-corrected chi connectivity index (χ3v) is 5.50. The first kappa shape index (κ1) is 16.2. The number of pyridine rings is 1. The van der Waals surface area contributed by atoms with Crippen LogP contribution in [0.25, 0.3) is 11.4 Å². The average Bonchev–Trinajstić information content (AvgIpc) is 3.15. The number of nitrogens with zero attached hydrogens (tertiary/aromatic N) is 4. The Morgan fingerprint density at radius 1 is 1.24 bits per heavy atom. The number of fused-ring (bicyclic) bond motifs is 1. The lowest BCUT2D eigenvalue weighted by Crippen LogP contribution is -2.49. The number of amides is 1. The zero-order valence-corrected chi connectivity index (χ0v) is 14.4. The van der Waals surface area contributed by atoms with Crippen molar-refractivity contribution in [2.24, 2.45) is 5.92 Å². The molecule has 1 saturated heterocycles. The smallest absolute Gasteiger partial charge is 0.227 e. The van der Waals surface area contributed by atoms with E-state index in [-0.39, 0.29) is 5.91 Å². The van der Waals surface area contributed by atoms with Crippen LogP contribution < -0.4 is 0 Å². The van der Waals surface area contributed by atoms with Gasteiger partial charge in [-0.25, -0.2) is 0 Å². The third-order valence-electron chi connectivity index (χ3n) is 5.50. The highest BCUT2D eigenvalue weighted by molar-refractivity contribution is 5.76. The molecule has 25 heavy (non-hydrogen) atoms. The number of aromatic nitrogens is 3. The quantitative estimate of drug-likeness (QED) is 0.854. The lowest BCUT2D eigenvalue weighted by atomic mass is 9.78. The molecular weight excluding hydrogens is 316 g/mol. The highest BCUT2D eigenvalue weighted by atomic mass is 16.5. The molecular formula is C19H24N4O2. The molecule has 132 valence electrons. The van der Waals surface area contributed by atoms with Crippen molar-refractivity contribution in [1.29, 1.82) is 0 Å². The lowest BCUT2D eigenvalue weighted by molar-refractivity contribution is -0.137. The monoisotopic (exact) mass is 340 g/mol. The summed E-state index contributed by atoms with van der Waals surface area (Å²) in [5.74, 6) is 2.00. The molecule has 0 radical (unpaired) electrons. The van der Waals surface area contributed by atoms with Crippen molar-refractivity contribution < 1.29 is 9.32 Å². The van der Waals surface area contributed by atoms with Crippen molar-refractivity contribution >= 4 is 5.91 Å². The number of piperidine rings is 1. The summed E-state index contributed by atoms with van der Waals surface area (Å²) in [5.41, 5.74) is 0.824. The first-order chi connectivity index (χ1) is 12.3. The van der Waals surface area contributed by atoms with E-state index in [4.69, 9.17) is 4.52 Å². The number of likely N-dealkylation sites (tertiary alicyclic amines) is 1. The van der Waals surface area contributed by atoms with Crippen LogP contribution in [0.1, 0.15) is 50.8 Å². The highest BCUT2D eigenvalue weighted by Gasteiger charge is 2.35. The predicted molar refractivity (Wildman–Crippen MR) is 92.5 cm³/mol. The van der Waals surface area contributed by atoms with E-state index < -0.39 is 0 Å². The molecule has 2 atom stereocenters. The van der Waals surface area contributed by atoms with Crippen LogP contribution in [0.4, 0.5) is 0 Å². The Morgan fingerprint density at radius 3 is 3.00 bits per heavy atom. The molecule has 0 unspecified atom stereocenters. The summed E-state index contributed by atoms with van der Waals surface area (Å²) in [6, 6.07) is 4.19. The third kappa shape index (κ3) is 3.57. The van der Waals surface area contributed by atoms with Crippen molar-refractivity contribution in [1.82, 2.24) is 20.0 Å². The van der Waals surface area contributed by atoms with Crippen molar-refractivity contribution in [2.75, 3.05) is 6.54 Å². The lowest BCUT2D eigenvalue weighted by Gasteiger charge is -2.44. The number of hydrogen-bond donors (Lipinski definition) is 0. The summed E-state index contributed by atoms with van der Waals surface area (Å²) in [4.78, 5) is 23.3. The normalized spacial score (nSPS) is 23.3. The maximum Gasteiger partial charge on any atom is 0.227 e. The molecule has 1 saturated carbocycles. The molecule has 0 aromatic carbocycles. The molecule has 1 aliphatic heterocycles. The van der Waals surface area contributed by atoms with E-state index >= 15 is 0 Å². The van der Waals surface area contributed by atoms with Crippen LogP contribution in [0.2, 0.25) is 0 Å². The van der Waals surface area contributed by atoms with Gasteiger partial charge >= 0.3 is 0 Å². The van der Waals surface area contributed by atoms with Gasteiger partial charge < -0.3 is 9.42 Å². The van der Waals surface area contributed by atoms with E-state index in [9.17, 15) is 4.79 Å². The second-order valence-corrected chi connectivity index (χ2v) is 7.09. The topological polar surface area (TPSA) is 72.1 Å². The van der Waals surface area contributed by atoms with Gasteiger partial charge in [-0.1, -0.05) is 18.0 Å². The molecule has 2 aromatic heterocycles. The predicted octanol–water partition coefficient (Wildman–Crippen LogP) is 3.25. The maximum atomic E-state index is 12.7. The number of carbonyl (C=O) groups excluding carboxylic acids is 1. The van der Waals surface area contributed by atoms with Crippen LogP contribution in [0.3, 0.4) is 0 Å². The molecule has 1 aliphatic carbocycles. The van der Waals surface area contributed by atoms with E-state index in [0.29, 0.717) is 36.5 Å². The molecule has 4 rings (SSSR count). The van der Waals surface area contributed by atoms with Crippen LogP contribution in [0.15, 0.2) is 29.0 Å². The van der Waals surface area contributed by atoms with Crippen LogP contribution in [-0.2, 0) is 11.2 Å². The Labute approximate surface area is 147 Å². The first-order valence-electron chi connectivity index (χ1n) is 9.34. The van der Waals surface area contributed by atoms with Gasteiger partial charge in [-0.15, -0.1) is 0 Å². The second-order valence-electron chi connectivity index (χ2n) is 7.09. The SMILES string of the molecule is O=C(CCc1nc(-c2cccnc2)no1)N1CCC[C@H]2CCCC[C@H]21. The fourth-order valence-corrected chi connectivity index (χ4v) is 4.26. The summed E-state index contributed by atoms with van der Waals surface area (Å²) >= 11 is 0. The Kier molecular flexibility index (Phi) is 4.76. The van der Waals surface area contributed by atoms with Crippen LogP contribution in [0, 0.1) is 5.92 Å². The summed E-state index contributed by atoms with van der Waals surface area (Å²) in [5, 5.41) is 3.99. The maximum absolute atomic E-state index is 12.7. The number of aryl methyl sites for hydroxylation is 1. The number of carbonyl (C=O) groups is 1. The van der Waals surface area contributed by atoms with Crippen LogP contribution in [0.5, 0.6) is 0 Å². The fourth-order valence-electron chi connectivity index (χ4n) is 4.26. The summed E-state index contributed by atoms with van der Waals surface area (Å²) in [6.45, 7) is 0.908. The van der Waals surface area contributed by atoms with Gasteiger partial charge in [-0.3, -0.25) is 9.78 Å². The second kappa shape index (κ2) is 7.33. The van der Waals surface area contributed by atoms with Gasteiger partial charge in [0.1, 0.15) is 0 Å². The zero-order chi connectivity index (χ0) is 17.1. The van der Waals surface area contributed by atoms with E-state index in [1.54, 1.807) is 12.4 Å². The van der Waals surface area contributed by atoms with Gasteiger partial charge in [-0.05, 0) is 43.7 Å². The van der Waals surface area contributed by atoms with Gasteiger partial charge in [0.15, 0.2) is 0 Å². The van der Waals surface area contributed by atoms with Crippen molar-refractivity contribution in [3.05, 3.63) is 30.4 Å². The fraction of sp³-hybridized carbons (Fsp3) is 0.579. The first-order valence-corrected chi connectivity index (χ1v) is 9.34. The Hall–Kier alpha value is -2.24. The van der Waals surface area contributed by atoms with E-state index in [1.807, 2.05) is 12.1 Å². The molecule has 2 aliphatic rings. The number of rotatable bonds is 4. The van der Waals surface area contributed by atoms with Gasteiger partial charge in [0.25, 0.3) is 0 Å². The van der Waals surface area contributed by atoms with Gasteiger partial charge in [-0.2, -0.15) is 4.98 Å². The minimum Gasteiger partial charge on any atom is -0.339 e.